The predicted molar refractivity (Wildman–Crippen MR) is 90.9 cm³/mol. The summed E-state index contributed by atoms with van der Waals surface area (Å²) in [5.74, 6) is -0.991. The summed E-state index contributed by atoms with van der Waals surface area (Å²) in [6.07, 6.45) is 1.16. The normalized spacial score (nSPS) is 24.8. The first-order valence-corrected chi connectivity index (χ1v) is 10.1. The predicted octanol–water partition coefficient (Wildman–Crippen LogP) is 0.929. The number of hydrogen-bond acceptors (Lipinski definition) is 6. The molecule has 0 spiro atoms. The maximum Gasteiger partial charge on any atom is 0.335 e. The van der Waals surface area contributed by atoms with E-state index in [0.29, 0.717) is 25.1 Å². The summed E-state index contributed by atoms with van der Waals surface area (Å²) >= 11 is 0. The van der Waals surface area contributed by atoms with Gasteiger partial charge in [0.1, 0.15) is 0 Å². The van der Waals surface area contributed by atoms with E-state index in [1.165, 1.54) is 4.90 Å². The summed E-state index contributed by atoms with van der Waals surface area (Å²) in [5, 5.41) is 0. The van der Waals surface area contributed by atoms with Crippen LogP contribution in [0.15, 0.2) is 30.3 Å². The summed E-state index contributed by atoms with van der Waals surface area (Å²) in [6, 6.07) is 8.40. The highest BCUT2D eigenvalue weighted by molar-refractivity contribution is 7.91. The Hall–Kier alpha value is -1.93. The van der Waals surface area contributed by atoms with Crippen molar-refractivity contribution < 1.29 is 27.5 Å². The van der Waals surface area contributed by atoms with Crippen LogP contribution in [0.3, 0.4) is 0 Å². The molecular formula is C17H21NO6S. The third-order valence-electron chi connectivity index (χ3n) is 4.41. The van der Waals surface area contributed by atoms with Gasteiger partial charge in [-0.1, -0.05) is 18.2 Å². The smallest absolute Gasteiger partial charge is 0.335 e. The van der Waals surface area contributed by atoms with E-state index in [0.717, 1.165) is 6.42 Å². The molecule has 136 valence electrons. The molecule has 2 aliphatic heterocycles. The zero-order valence-corrected chi connectivity index (χ0v) is 14.6. The van der Waals surface area contributed by atoms with Gasteiger partial charge in [0.25, 0.3) is 5.91 Å². The van der Waals surface area contributed by atoms with Gasteiger partial charge in [0.15, 0.2) is 22.5 Å². The first kappa shape index (κ1) is 17.9. The van der Waals surface area contributed by atoms with E-state index in [-0.39, 0.29) is 11.5 Å². The quantitative estimate of drug-likeness (QED) is 0.719. The molecule has 0 N–H and O–H groups in total. The number of rotatable bonds is 5. The van der Waals surface area contributed by atoms with Crippen LogP contribution in [-0.2, 0) is 28.9 Å². The molecule has 2 fully saturated rings. The van der Waals surface area contributed by atoms with E-state index in [2.05, 4.69) is 0 Å². The van der Waals surface area contributed by atoms with E-state index >= 15 is 0 Å². The Morgan fingerprint density at radius 3 is 2.56 bits per heavy atom. The van der Waals surface area contributed by atoms with Crippen molar-refractivity contribution in [3.8, 4) is 0 Å². The van der Waals surface area contributed by atoms with E-state index in [1.54, 1.807) is 24.3 Å². The van der Waals surface area contributed by atoms with Crippen molar-refractivity contribution in [2.75, 3.05) is 29.6 Å². The molecule has 0 saturated carbocycles. The highest BCUT2D eigenvalue weighted by atomic mass is 32.2. The van der Waals surface area contributed by atoms with Crippen LogP contribution in [0.1, 0.15) is 19.3 Å². The lowest BCUT2D eigenvalue weighted by molar-refractivity contribution is -0.157. The Morgan fingerprint density at radius 2 is 1.96 bits per heavy atom. The average Bonchev–Trinajstić information content (AvgIpc) is 3.24. The topological polar surface area (TPSA) is 90.0 Å². The fraction of sp³-hybridized carbons (Fsp3) is 0.529. The molecule has 7 nitrogen and oxygen atoms in total. The number of nitrogens with zero attached hydrogens (tertiary/aromatic N) is 1. The molecule has 0 unspecified atom stereocenters. The largest absolute Gasteiger partial charge is 0.454 e. The van der Waals surface area contributed by atoms with Crippen molar-refractivity contribution in [1.82, 2.24) is 0 Å². The summed E-state index contributed by atoms with van der Waals surface area (Å²) in [7, 11) is -3.15. The second kappa shape index (κ2) is 7.53. The number of amides is 1. The third kappa shape index (κ3) is 4.38. The van der Waals surface area contributed by atoms with Crippen LogP contribution < -0.4 is 4.90 Å². The van der Waals surface area contributed by atoms with E-state index in [4.69, 9.17) is 9.47 Å². The van der Waals surface area contributed by atoms with Crippen molar-refractivity contribution in [3.63, 3.8) is 0 Å². The molecule has 3 rings (SSSR count). The molecule has 2 saturated heterocycles. The fourth-order valence-electron chi connectivity index (χ4n) is 3.18. The van der Waals surface area contributed by atoms with Crippen molar-refractivity contribution in [3.05, 3.63) is 30.3 Å². The molecule has 2 aliphatic rings. The Bertz CT molecular complexity index is 727. The highest BCUT2D eigenvalue weighted by Crippen LogP contribution is 2.24. The van der Waals surface area contributed by atoms with Crippen LogP contribution in [0.4, 0.5) is 5.69 Å². The second-order valence-corrected chi connectivity index (χ2v) is 8.49. The first-order chi connectivity index (χ1) is 12.0. The monoisotopic (exact) mass is 367 g/mol. The van der Waals surface area contributed by atoms with Crippen LogP contribution in [-0.4, -0.2) is 57.2 Å². The highest BCUT2D eigenvalue weighted by Gasteiger charge is 2.36. The number of anilines is 1. The fourth-order valence-corrected chi connectivity index (χ4v) is 4.88. The van der Waals surface area contributed by atoms with Crippen LogP contribution in [0.2, 0.25) is 0 Å². The standard InChI is InChI=1S/C17H21NO6S/c19-16(11-24-17(20)15-7-4-9-23-15)18(13-5-2-1-3-6-13)14-8-10-25(21,22)12-14/h1-3,5-6,14-15H,4,7-12H2/t14-,15-/m0/s1. The lowest BCUT2D eigenvalue weighted by Gasteiger charge is -2.28. The number of sulfone groups is 1. The van der Waals surface area contributed by atoms with Gasteiger partial charge in [-0.25, -0.2) is 13.2 Å². The lowest BCUT2D eigenvalue weighted by Crippen LogP contribution is -2.44. The van der Waals surface area contributed by atoms with Gasteiger partial charge in [0, 0.05) is 12.3 Å². The second-order valence-electron chi connectivity index (χ2n) is 6.27. The Morgan fingerprint density at radius 1 is 1.20 bits per heavy atom. The molecule has 0 aromatic heterocycles. The summed E-state index contributed by atoms with van der Waals surface area (Å²) in [5.41, 5.74) is 0.600. The van der Waals surface area contributed by atoms with Gasteiger partial charge in [-0.15, -0.1) is 0 Å². The molecule has 1 aromatic rings. The number of carbonyl (C=O) groups is 2. The number of carbonyl (C=O) groups excluding carboxylic acids is 2. The number of hydrogen-bond donors (Lipinski definition) is 0. The zero-order valence-electron chi connectivity index (χ0n) is 13.8. The molecule has 1 amide bonds. The number of benzene rings is 1. The minimum atomic E-state index is -3.15. The SMILES string of the molecule is O=C(OCC(=O)N(c1ccccc1)[C@H]1CCS(=O)(=O)C1)[C@@H]1CCCO1. The van der Waals surface area contributed by atoms with Crippen LogP contribution >= 0.6 is 0 Å². The zero-order chi connectivity index (χ0) is 17.9. The Kier molecular flexibility index (Phi) is 5.39. The van der Waals surface area contributed by atoms with Crippen LogP contribution in [0.25, 0.3) is 0 Å². The van der Waals surface area contributed by atoms with Crippen LogP contribution in [0, 0.1) is 0 Å². The third-order valence-corrected chi connectivity index (χ3v) is 6.16. The van der Waals surface area contributed by atoms with Gasteiger partial charge >= 0.3 is 5.97 Å². The van der Waals surface area contributed by atoms with Gasteiger partial charge < -0.3 is 14.4 Å². The molecule has 0 bridgehead atoms. The minimum absolute atomic E-state index is 0.0595. The van der Waals surface area contributed by atoms with Crippen molar-refractivity contribution in [1.29, 1.82) is 0 Å². The molecule has 2 heterocycles. The number of ether oxygens (including phenoxy) is 2. The molecule has 2 atom stereocenters. The van der Waals surface area contributed by atoms with Crippen LogP contribution in [0.5, 0.6) is 0 Å². The number of para-hydroxylation sites is 1. The van der Waals surface area contributed by atoms with Crippen molar-refractivity contribution >= 4 is 27.4 Å². The Balaban J connectivity index is 1.70. The molecule has 8 heteroatoms. The number of esters is 1. The van der Waals surface area contributed by atoms with E-state index < -0.39 is 40.5 Å². The van der Waals surface area contributed by atoms with Crippen molar-refractivity contribution in [2.24, 2.45) is 0 Å². The maximum absolute atomic E-state index is 12.7. The van der Waals surface area contributed by atoms with E-state index in [1.807, 2.05) is 6.07 Å². The molecule has 0 radical (unpaired) electrons. The van der Waals surface area contributed by atoms with Gasteiger partial charge in [-0.3, -0.25) is 4.79 Å². The van der Waals surface area contributed by atoms with Crippen molar-refractivity contribution in [2.45, 2.75) is 31.4 Å². The summed E-state index contributed by atoms with van der Waals surface area (Å²) in [4.78, 5) is 26.0. The van der Waals surface area contributed by atoms with Gasteiger partial charge in [-0.05, 0) is 31.4 Å². The summed E-state index contributed by atoms with van der Waals surface area (Å²) < 4.78 is 33.9. The maximum atomic E-state index is 12.7. The first-order valence-electron chi connectivity index (χ1n) is 8.32. The average molecular weight is 367 g/mol. The Labute approximate surface area is 146 Å². The van der Waals surface area contributed by atoms with E-state index in [9.17, 15) is 18.0 Å². The lowest BCUT2D eigenvalue weighted by atomic mass is 10.2. The van der Waals surface area contributed by atoms with Gasteiger partial charge in [0.2, 0.25) is 0 Å². The molecule has 1 aromatic carbocycles. The van der Waals surface area contributed by atoms with Gasteiger partial charge in [0.05, 0.1) is 17.5 Å². The molecule has 25 heavy (non-hydrogen) atoms. The molecular weight excluding hydrogens is 346 g/mol. The van der Waals surface area contributed by atoms with Gasteiger partial charge in [-0.2, -0.15) is 0 Å². The molecule has 0 aliphatic carbocycles. The summed E-state index contributed by atoms with van der Waals surface area (Å²) in [6.45, 7) is 0.0912. The minimum Gasteiger partial charge on any atom is -0.454 e.